The molecule has 1 saturated carbocycles. The molecule has 0 saturated heterocycles. The van der Waals surface area contributed by atoms with Gasteiger partial charge >= 0.3 is 11.9 Å². The standard InChI is InChI=1S/C10H16O2.C10H18O2/c1-8(10(11)12)7-9-5-3-2-4-6-9;1-3-4-5-6-7-8-9(2)10(11)12/h7,9H,2-6H2,1H3,(H,11,12);2-8H2,1H3,(H,11,12). The first-order valence-electron chi connectivity index (χ1n) is 9.21. The van der Waals surface area contributed by atoms with Gasteiger partial charge in [-0.1, -0.05) is 64.5 Å². The number of carbonyl (C=O) groups is 2. The molecule has 138 valence electrons. The Labute approximate surface area is 146 Å². The largest absolute Gasteiger partial charge is 0.478 e. The van der Waals surface area contributed by atoms with Crippen molar-refractivity contribution in [1.29, 1.82) is 0 Å². The number of hydrogen-bond acceptors (Lipinski definition) is 2. The summed E-state index contributed by atoms with van der Waals surface area (Å²) in [7, 11) is 0. The van der Waals surface area contributed by atoms with E-state index in [1.807, 2.05) is 6.08 Å². The van der Waals surface area contributed by atoms with E-state index in [1.165, 1.54) is 51.4 Å². The molecule has 0 aromatic carbocycles. The van der Waals surface area contributed by atoms with Gasteiger partial charge in [0.05, 0.1) is 0 Å². The molecule has 0 atom stereocenters. The number of aliphatic carboxylic acids is 2. The highest BCUT2D eigenvalue weighted by molar-refractivity contribution is 5.86. The fourth-order valence-electron chi connectivity index (χ4n) is 2.77. The van der Waals surface area contributed by atoms with Gasteiger partial charge in [-0.15, -0.1) is 0 Å². The molecule has 0 bridgehead atoms. The monoisotopic (exact) mass is 338 g/mol. The lowest BCUT2D eigenvalue weighted by Crippen LogP contribution is -2.06. The van der Waals surface area contributed by atoms with Crippen molar-refractivity contribution in [3.8, 4) is 0 Å². The van der Waals surface area contributed by atoms with Crippen molar-refractivity contribution in [2.24, 2.45) is 5.92 Å². The molecule has 4 heteroatoms. The molecule has 0 spiro atoms. The Balaban J connectivity index is 0.000000441. The Hall–Kier alpha value is -1.58. The first-order valence-corrected chi connectivity index (χ1v) is 9.21. The average molecular weight is 338 g/mol. The summed E-state index contributed by atoms with van der Waals surface area (Å²) in [6.07, 6.45) is 14.5. The Morgan fingerprint density at radius 3 is 2.08 bits per heavy atom. The average Bonchev–Trinajstić information content (AvgIpc) is 2.55. The maximum absolute atomic E-state index is 10.5. The van der Waals surface area contributed by atoms with Gasteiger partial charge in [-0.3, -0.25) is 0 Å². The van der Waals surface area contributed by atoms with Gasteiger partial charge in [0.1, 0.15) is 0 Å². The Bertz CT molecular complexity index is 417. The molecule has 0 amide bonds. The number of hydrogen-bond donors (Lipinski definition) is 2. The highest BCUT2D eigenvalue weighted by Gasteiger charge is 2.12. The van der Waals surface area contributed by atoms with Gasteiger partial charge in [-0.2, -0.15) is 0 Å². The zero-order chi connectivity index (χ0) is 18.4. The predicted octanol–water partition coefficient (Wildman–Crippen LogP) is 5.59. The third-order valence-corrected chi connectivity index (χ3v) is 4.36. The number of rotatable bonds is 9. The molecular formula is C20H34O4. The third-order valence-electron chi connectivity index (χ3n) is 4.36. The molecule has 2 N–H and O–H groups in total. The van der Waals surface area contributed by atoms with E-state index < -0.39 is 11.9 Å². The topological polar surface area (TPSA) is 74.6 Å². The molecular weight excluding hydrogens is 304 g/mol. The zero-order valence-corrected chi connectivity index (χ0v) is 15.4. The predicted molar refractivity (Wildman–Crippen MR) is 98.1 cm³/mol. The van der Waals surface area contributed by atoms with Gasteiger partial charge in [0.15, 0.2) is 0 Å². The van der Waals surface area contributed by atoms with Crippen LogP contribution in [-0.2, 0) is 9.59 Å². The maximum Gasteiger partial charge on any atom is 0.330 e. The van der Waals surface area contributed by atoms with Crippen LogP contribution in [0.15, 0.2) is 23.8 Å². The summed E-state index contributed by atoms with van der Waals surface area (Å²) in [4.78, 5) is 20.8. The SMILES string of the molecule is C=C(CCCCCCC)C(=O)O.CC(=CC1CCCCC1)C(=O)O. The molecule has 0 aromatic heterocycles. The van der Waals surface area contributed by atoms with Crippen molar-refractivity contribution in [2.45, 2.75) is 84.5 Å². The van der Waals surface area contributed by atoms with E-state index in [1.54, 1.807) is 6.92 Å². The summed E-state index contributed by atoms with van der Waals surface area (Å²) in [5, 5.41) is 17.1. The minimum atomic E-state index is -0.856. The highest BCUT2D eigenvalue weighted by Crippen LogP contribution is 2.25. The van der Waals surface area contributed by atoms with Gasteiger partial charge < -0.3 is 10.2 Å². The van der Waals surface area contributed by atoms with E-state index in [4.69, 9.17) is 10.2 Å². The fourth-order valence-corrected chi connectivity index (χ4v) is 2.77. The Morgan fingerprint density at radius 1 is 1.00 bits per heavy atom. The normalized spacial score (nSPS) is 15.3. The van der Waals surface area contributed by atoms with Crippen LogP contribution >= 0.6 is 0 Å². The van der Waals surface area contributed by atoms with Crippen LogP contribution in [0.5, 0.6) is 0 Å². The van der Waals surface area contributed by atoms with Crippen LogP contribution in [0, 0.1) is 5.92 Å². The third kappa shape index (κ3) is 11.9. The molecule has 0 heterocycles. The summed E-state index contributed by atoms with van der Waals surface area (Å²) in [5.41, 5.74) is 0.841. The molecule has 0 aliphatic heterocycles. The van der Waals surface area contributed by atoms with Crippen LogP contribution in [0.25, 0.3) is 0 Å². The van der Waals surface area contributed by atoms with E-state index in [0.29, 0.717) is 23.5 Å². The number of carboxylic acid groups (broad SMARTS) is 2. The second-order valence-electron chi connectivity index (χ2n) is 6.63. The minimum Gasteiger partial charge on any atom is -0.478 e. The molecule has 0 unspecified atom stereocenters. The van der Waals surface area contributed by atoms with E-state index in [0.717, 1.165) is 12.8 Å². The molecule has 0 aromatic rings. The van der Waals surface area contributed by atoms with E-state index in [2.05, 4.69) is 13.5 Å². The molecule has 4 nitrogen and oxygen atoms in total. The highest BCUT2D eigenvalue weighted by atomic mass is 16.4. The van der Waals surface area contributed by atoms with Crippen molar-refractivity contribution < 1.29 is 19.8 Å². The lowest BCUT2D eigenvalue weighted by Gasteiger charge is -2.18. The molecule has 1 aliphatic rings. The Morgan fingerprint density at radius 2 is 1.58 bits per heavy atom. The summed E-state index contributed by atoms with van der Waals surface area (Å²) in [6.45, 7) is 7.31. The second kappa shape index (κ2) is 13.8. The summed E-state index contributed by atoms with van der Waals surface area (Å²) >= 11 is 0. The van der Waals surface area contributed by atoms with E-state index >= 15 is 0 Å². The zero-order valence-electron chi connectivity index (χ0n) is 15.4. The van der Waals surface area contributed by atoms with Crippen molar-refractivity contribution in [2.75, 3.05) is 0 Å². The van der Waals surface area contributed by atoms with Crippen molar-refractivity contribution in [3.63, 3.8) is 0 Å². The van der Waals surface area contributed by atoms with Crippen LogP contribution in [0.3, 0.4) is 0 Å². The number of allylic oxidation sites excluding steroid dienone is 1. The lowest BCUT2D eigenvalue weighted by molar-refractivity contribution is -0.133. The molecule has 1 fully saturated rings. The van der Waals surface area contributed by atoms with Gasteiger partial charge in [-0.25, -0.2) is 9.59 Å². The molecule has 1 aliphatic carbocycles. The molecule has 24 heavy (non-hydrogen) atoms. The number of carboxylic acids is 2. The van der Waals surface area contributed by atoms with Gasteiger partial charge in [0, 0.05) is 11.1 Å². The lowest BCUT2D eigenvalue weighted by atomic mass is 9.88. The summed E-state index contributed by atoms with van der Waals surface area (Å²) < 4.78 is 0. The number of unbranched alkanes of at least 4 members (excludes halogenated alkanes) is 4. The maximum atomic E-state index is 10.5. The summed E-state index contributed by atoms with van der Waals surface area (Å²) in [5.74, 6) is -1.11. The smallest absolute Gasteiger partial charge is 0.330 e. The fraction of sp³-hybridized carbons (Fsp3) is 0.700. The molecule has 1 rings (SSSR count). The van der Waals surface area contributed by atoms with Crippen LogP contribution in [0.1, 0.15) is 84.5 Å². The van der Waals surface area contributed by atoms with Crippen LogP contribution in [0.2, 0.25) is 0 Å². The van der Waals surface area contributed by atoms with E-state index in [9.17, 15) is 9.59 Å². The Kier molecular flexibility index (Phi) is 12.9. The van der Waals surface area contributed by atoms with Gasteiger partial charge in [0.2, 0.25) is 0 Å². The van der Waals surface area contributed by atoms with Crippen molar-refractivity contribution in [3.05, 3.63) is 23.8 Å². The van der Waals surface area contributed by atoms with Crippen LogP contribution in [0.4, 0.5) is 0 Å². The van der Waals surface area contributed by atoms with Crippen molar-refractivity contribution >= 4 is 11.9 Å². The van der Waals surface area contributed by atoms with Crippen molar-refractivity contribution in [1.82, 2.24) is 0 Å². The first-order chi connectivity index (χ1) is 11.4. The van der Waals surface area contributed by atoms with Crippen LogP contribution < -0.4 is 0 Å². The quantitative estimate of drug-likeness (QED) is 0.425. The van der Waals surface area contributed by atoms with Gasteiger partial charge in [-0.05, 0) is 38.5 Å². The second-order valence-corrected chi connectivity index (χ2v) is 6.63. The van der Waals surface area contributed by atoms with E-state index in [-0.39, 0.29) is 0 Å². The minimum absolute atomic E-state index is 0.339. The van der Waals surface area contributed by atoms with Gasteiger partial charge in [0.25, 0.3) is 0 Å². The van der Waals surface area contributed by atoms with Crippen LogP contribution in [-0.4, -0.2) is 22.2 Å². The molecule has 0 radical (unpaired) electrons. The first kappa shape index (κ1) is 22.4. The summed E-state index contributed by atoms with van der Waals surface area (Å²) in [6, 6.07) is 0.